The molecule has 9 heteroatoms. The Morgan fingerprint density at radius 1 is 0.931 bits per heavy atom. The number of carbonyl (C=O) groups excluding carboxylic acids is 4. The summed E-state index contributed by atoms with van der Waals surface area (Å²) in [6, 6.07) is 0. The Kier molecular flexibility index (Phi) is 12.1. The zero-order valence-corrected chi connectivity index (χ0v) is 18.0. The molecular weight excluding hydrogens is 400 g/mol. The molecule has 0 heterocycles. The molecule has 0 aliphatic heterocycles. The predicted molar refractivity (Wildman–Crippen MR) is 105 cm³/mol. The Bertz CT molecular complexity index is 668. The fourth-order valence-electron chi connectivity index (χ4n) is 3.28. The van der Waals surface area contributed by atoms with Crippen molar-refractivity contribution < 1.29 is 36.0 Å². The zero-order chi connectivity index (χ0) is 21.7. The molecule has 0 saturated heterocycles. The predicted octanol–water partition coefficient (Wildman–Crippen LogP) is 2.87. The summed E-state index contributed by atoms with van der Waals surface area (Å²) < 4.78 is 30.5. The molecule has 8 nitrogen and oxygen atoms in total. The van der Waals surface area contributed by atoms with E-state index >= 15 is 0 Å². The molecule has 166 valence electrons. The van der Waals surface area contributed by atoms with Crippen molar-refractivity contribution in [1.29, 1.82) is 0 Å². The van der Waals surface area contributed by atoms with Crippen LogP contribution >= 0.6 is 0 Å². The van der Waals surface area contributed by atoms with Crippen LogP contribution < -0.4 is 0 Å². The molecule has 1 aliphatic rings. The topological polar surface area (TPSA) is 121 Å². The highest BCUT2D eigenvalue weighted by Crippen LogP contribution is 2.23. The van der Waals surface area contributed by atoms with Crippen LogP contribution in [-0.2, 0) is 37.9 Å². The highest BCUT2D eigenvalue weighted by atomic mass is 32.3. The molecule has 0 aromatic carbocycles. The van der Waals surface area contributed by atoms with E-state index in [2.05, 4.69) is 8.37 Å². The molecule has 0 amide bonds. The van der Waals surface area contributed by atoms with Gasteiger partial charge in [-0.2, -0.15) is 8.42 Å². The van der Waals surface area contributed by atoms with Crippen LogP contribution in [0.15, 0.2) is 0 Å². The second kappa shape index (κ2) is 13.7. The lowest BCUT2D eigenvalue weighted by Crippen LogP contribution is -2.15. The first kappa shape index (κ1) is 25.6. The van der Waals surface area contributed by atoms with Gasteiger partial charge in [0, 0.05) is 51.4 Å². The Morgan fingerprint density at radius 3 is 2.21 bits per heavy atom. The molecule has 0 aromatic rings. The average Bonchev–Trinajstić information content (AvgIpc) is 2.68. The second-order valence-electron chi connectivity index (χ2n) is 7.51. The summed E-state index contributed by atoms with van der Waals surface area (Å²) in [6.45, 7) is -0.149. The molecule has 0 aromatic heterocycles. The summed E-state index contributed by atoms with van der Waals surface area (Å²) in [6.07, 6.45) is 5.55. The van der Waals surface area contributed by atoms with Crippen molar-refractivity contribution in [1.82, 2.24) is 0 Å². The summed E-state index contributed by atoms with van der Waals surface area (Å²) in [5.41, 5.74) is 0. The maximum atomic E-state index is 12.1. The van der Waals surface area contributed by atoms with E-state index in [0.717, 1.165) is 20.0 Å². The number of carbonyl (C=O) groups is 4. The fourth-order valence-corrected chi connectivity index (χ4v) is 3.70. The van der Waals surface area contributed by atoms with Crippen molar-refractivity contribution in [2.75, 3.05) is 13.7 Å². The quantitative estimate of drug-likeness (QED) is 0.432. The van der Waals surface area contributed by atoms with Crippen LogP contribution in [0, 0.1) is 5.92 Å². The smallest absolute Gasteiger partial charge is 0.300 e. The highest BCUT2D eigenvalue weighted by molar-refractivity contribution is 7.81. The van der Waals surface area contributed by atoms with E-state index in [4.69, 9.17) is 0 Å². The number of Topliss-reactive ketones (excluding diaryl/α,β-unsaturated/α-hetero) is 4. The molecule has 0 N–H and O–H groups in total. The number of hydrogen-bond acceptors (Lipinski definition) is 8. The number of rotatable bonds is 12. The van der Waals surface area contributed by atoms with Crippen LogP contribution in [0.1, 0.15) is 83.5 Å². The van der Waals surface area contributed by atoms with Gasteiger partial charge in [-0.1, -0.05) is 0 Å². The largest absolute Gasteiger partial charge is 0.399 e. The van der Waals surface area contributed by atoms with E-state index in [1.807, 2.05) is 0 Å². The Hall–Kier alpha value is -1.45. The van der Waals surface area contributed by atoms with E-state index in [0.29, 0.717) is 44.9 Å². The molecule has 1 saturated carbocycles. The summed E-state index contributed by atoms with van der Waals surface area (Å²) in [7, 11) is -3.00. The summed E-state index contributed by atoms with van der Waals surface area (Å²) in [5, 5.41) is 0. The van der Waals surface area contributed by atoms with Gasteiger partial charge < -0.3 is 0 Å². The Labute approximate surface area is 173 Å². The van der Waals surface area contributed by atoms with Crippen LogP contribution in [-0.4, -0.2) is 45.3 Å². The molecule has 0 radical (unpaired) electrons. The minimum absolute atomic E-state index is 0.0348. The molecule has 1 unspecified atom stereocenters. The van der Waals surface area contributed by atoms with Gasteiger partial charge in [0.15, 0.2) is 0 Å². The number of hydrogen-bond donors (Lipinski definition) is 0. The molecule has 0 bridgehead atoms. The van der Waals surface area contributed by atoms with Gasteiger partial charge in [-0.05, 0) is 38.0 Å². The van der Waals surface area contributed by atoms with E-state index in [1.54, 1.807) is 0 Å². The molecule has 1 aliphatic carbocycles. The van der Waals surface area contributed by atoms with Gasteiger partial charge >= 0.3 is 10.4 Å². The van der Waals surface area contributed by atoms with Crippen molar-refractivity contribution in [2.24, 2.45) is 5.92 Å². The lowest BCUT2D eigenvalue weighted by Gasteiger charge is -2.17. The Morgan fingerprint density at radius 2 is 1.55 bits per heavy atom. The first-order valence-electron chi connectivity index (χ1n) is 10.2. The van der Waals surface area contributed by atoms with E-state index in [9.17, 15) is 27.6 Å². The third kappa shape index (κ3) is 12.7. The fraction of sp³-hybridized carbons (Fsp3) is 0.800. The van der Waals surface area contributed by atoms with Crippen LogP contribution in [0.5, 0.6) is 0 Å². The lowest BCUT2D eigenvalue weighted by atomic mass is 9.87. The van der Waals surface area contributed by atoms with Gasteiger partial charge in [0.1, 0.15) is 23.1 Å². The zero-order valence-electron chi connectivity index (χ0n) is 17.2. The standard InChI is InChI=1S/C20H32O8S/c1-27-29(25,26)28-14-4-7-18(22)12-13-19(23)11-9-16-8-10-17(21)5-2-3-6-20(24)15-16/h16H,2-15H2,1H3. The van der Waals surface area contributed by atoms with E-state index in [1.165, 1.54) is 0 Å². The minimum Gasteiger partial charge on any atom is -0.300 e. The SMILES string of the molecule is COS(=O)(=O)OCCCC(=O)CCC(=O)CCC1CCC(=O)CCCCC(=O)C1. The minimum atomic E-state index is -3.99. The average molecular weight is 433 g/mol. The van der Waals surface area contributed by atoms with Crippen molar-refractivity contribution in [2.45, 2.75) is 83.5 Å². The molecular formula is C20H32O8S. The van der Waals surface area contributed by atoms with Gasteiger partial charge in [0.2, 0.25) is 0 Å². The van der Waals surface area contributed by atoms with Crippen molar-refractivity contribution in [3.63, 3.8) is 0 Å². The second-order valence-corrected chi connectivity index (χ2v) is 8.90. The first-order chi connectivity index (χ1) is 13.7. The van der Waals surface area contributed by atoms with Gasteiger partial charge in [0.05, 0.1) is 13.7 Å². The van der Waals surface area contributed by atoms with Crippen LogP contribution in [0.3, 0.4) is 0 Å². The van der Waals surface area contributed by atoms with Crippen molar-refractivity contribution in [3.8, 4) is 0 Å². The molecule has 0 spiro atoms. The van der Waals surface area contributed by atoms with Crippen LogP contribution in [0.4, 0.5) is 0 Å². The third-order valence-electron chi connectivity index (χ3n) is 5.05. The van der Waals surface area contributed by atoms with Crippen LogP contribution in [0.25, 0.3) is 0 Å². The molecule has 1 rings (SSSR count). The third-order valence-corrected chi connectivity index (χ3v) is 5.92. The monoisotopic (exact) mass is 432 g/mol. The highest BCUT2D eigenvalue weighted by Gasteiger charge is 2.19. The van der Waals surface area contributed by atoms with Crippen molar-refractivity contribution in [3.05, 3.63) is 0 Å². The maximum absolute atomic E-state index is 12.1. The molecule has 1 atom stereocenters. The van der Waals surface area contributed by atoms with E-state index in [-0.39, 0.29) is 61.3 Å². The van der Waals surface area contributed by atoms with Gasteiger partial charge in [0.25, 0.3) is 0 Å². The first-order valence-corrected chi connectivity index (χ1v) is 11.6. The van der Waals surface area contributed by atoms with E-state index < -0.39 is 10.4 Å². The number of ketones is 4. The van der Waals surface area contributed by atoms with Crippen LogP contribution in [0.2, 0.25) is 0 Å². The summed E-state index contributed by atoms with van der Waals surface area (Å²) in [5.74, 6) is 0.306. The van der Waals surface area contributed by atoms with Crippen molar-refractivity contribution >= 4 is 33.5 Å². The lowest BCUT2D eigenvalue weighted by molar-refractivity contribution is -0.125. The Balaban J connectivity index is 2.26. The van der Waals surface area contributed by atoms with Gasteiger partial charge in [-0.15, -0.1) is 0 Å². The summed E-state index contributed by atoms with van der Waals surface area (Å²) >= 11 is 0. The van der Waals surface area contributed by atoms with Gasteiger partial charge in [-0.3, -0.25) is 23.4 Å². The molecule has 1 fully saturated rings. The van der Waals surface area contributed by atoms with Gasteiger partial charge in [-0.25, -0.2) is 4.18 Å². The summed E-state index contributed by atoms with van der Waals surface area (Å²) in [4.78, 5) is 47.7. The maximum Gasteiger partial charge on any atom is 0.399 e. The normalized spacial score (nSPS) is 19.1. The molecule has 29 heavy (non-hydrogen) atoms.